The number of hydrogen-bond acceptors (Lipinski definition) is 9. The molecule has 1 aromatic carbocycles. The SMILES string of the molecule is Cn1cnc(-c2ccc(N3CCN(C(=O)CN4CC[C@]5(CCN(c6ccc7c(c6)C(c6ccc(F)cn6)=NC7)C5=O)C4)CC3)nc2)n1. The Hall–Kier alpha value is -5.04. The molecule has 0 saturated carbocycles. The van der Waals surface area contributed by atoms with Crippen LogP contribution in [0.1, 0.15) is 29.7 Å². The number of piperazine rings is 1. The van der Waals surface area contributed by atoms with Gasteiger partial charge in [0.1, 0.15) is 18.0 Å². The highest BCUT2D eigenvalue weighted by Crippen LogP contribution is 2.43. The molecule has 0 aliphatic carbocycles. The van der Waals surface area contributed by atoms with Crippen LogP contribution >= 0.6 is 0 Å². The van der Waals surface area contributed by atoms with Gasteiger partial charge in [-0.1, -0.05) is 6.07 Å². The van der Waals surface area contributed by atoms with Crippen LogP contribution in [0.3, 0.4) is 0 Å². The zero-order valence-electron chi connectivity index (χ0n) is 26.2. The molecule has 0 N–H and O–H groups in total. The normalized spacial score (nSPS) is 21.2. The lowest BCUT2D eigenvalue weighted by Crippen LogP contribution is -2.51. The number of aliphatic imine (C=N–C) groups is 1. The van der Waals surface area contributed by atoms with Crippen LogP contribution in [0.25, 0.3) is 11.4 Å². The van der Waals surface area contributed by atoms with Crippen LogP contribution in [0.5, 0.6) is 0 Å². The maximum atomic E-state index is 13.9. The third-order valence-electron chi connectivity index (χ3n) is 9.90. The molecule has 4 aliphatic heterocycles. The first-order valence-electron chi connectivity index (χ1n) is 16.0. The van der Waals surface area contributed by atoms with Gasteiger partial charge >= 0.3 is 0 Å². The molecule has 4 aromatic rings. The fraction of sp³-hybridized carbons (Fsp3) is 0.382. The molecule has 12 nitrogen and oxygen atoms in total. The Kier molecular flexibility index (Phi) is 7.27. The Morgan fingerprint density at radius 1 is 0.936 bits per heavy atom. The highest BCUT2D eigenvalue weighted by atomic mass is 19.1. The third-order valence-corrected chi connectivity index (χ3v) is 9.90. The summed E-state index contributed by atoms with van der Waals surface area (Å²) < 4.78 is 15.1. The minimum Gasteiger partial charge on any atom is -0.353 e. The molecule has 3 fully saturated rings. The molecule has 1 spiro atoms. The van der Waals surface area contributed by atoms with Crippen LogP contribution in [0.4, 0.5) is 15.9 Å². The number of fused-ring (bicyclic) bond motifs is 1. The van der Waals surface area contributed by atoms with Crippen molar-refractivity contribution < 1.29 is 14.0 Å². The lowest BCUT2D eigenvalue weighted by Gasteiger charge is -2.36. The van der Waals surface area contributed by atoms with Gasteiger partial charge in [0.25, 0.3) is 0 Å². The second-order valence-corrected chi connectivity index (χ2v) is 12.8. The van der Waals surface area contributed by atoms with Gasteiger partial charge in [0.05, 0.1) is 36.1 Å². The van der Waals surface area contributed by atoms with Crippen molar-refractivity contribution in [1.29, 1.82) is 0 Å². The average molecular weight is 635 g/mol. The molecule has 3 aromatic heterocycles. The fourth-order valence-electron chi connectivity index (χ4n) is 7.27. The Morgan fingerprint density at radius 3 is 2.53 bits per heavy atom. The topological polar surface area (TPSA) is 116 Å². The van der Waals surface area contributed by atoms with E-state index in [1.807, 2.05) is 47.2 Å². The standard InChI is InChI=1S/C34H35FN10O2/c1-41-22-39-32(40-41)24-3-7-29(37-18-24)43-12-14-44(15-13-43)30(46)20-42-10-8-34(21-42)9-11-45(33(34)47)26-5-2-23-17-38-31(27(23)16-26)28-6-4-25(35)19-36-28/h2-7,16,18-19,22H,8-15,17,20-21H2,1H3/t34-/m0/s1. The van der Waals surface area contributed by atoms with E-state index in [1.54, 1.807) is 23.3 Å². The quantitative estimate of drug-likeness (QED) is 0.318. The molecule has 0 bridgehead atoms. The van der Waals surface area contributed by atoms with E-state index in [-0.39, 0.29) is 17.6 Å². The number of hydrogen-bond donors (Lipinski definition) is 0. The number of benzene rings is 1. The number of amides is 2. The molecule has 7 heterocycles. The first-order chi connectivity index (χ1) is 22.8. The summed E-state index contributed by atoms with van der Waals surface area (Å²) in [6.07, 6.45) is 6.16. The number of rotatable bonds is 6. The van der Waals surface area contributed by atoms with E-state index >= 15 is 0 Å². The Morgan fingerprint density at radius 2 is 1.79 bits per heavy atom. The monoisotopic (exact) mass is 634 g/mol. The number of carbonyl (C=O) groups is 2. The van der Waals surface area contributed by atoms with Gasteiger partial charge in [0.15, 0.2) is 5.82 Å². The molecule has 3 saturated heterocycles. The summed E-state index contributed by atoms with van der Waals surface area (Å²) in [4.78, 5) is 53.2. The molecule has 240 valence electrons. The summed E-state index contributed by atoms with van der Waals surface area (Å²) in [6.45, 7) is 5.49. The van der Waals surface area contributed by atoms with Gasteiger partial charge in [-0.2, -0.15) is 5.10 Å². The van der Waals surface area contributed by atoms with Crippen molar-refractivity contribution in [3.63, 3.8) is 0 Å². The molecular weight excluding hydrogens is 599 g/mol. The number of likely N-dealkylation sites (tertiary alicyclic amines) is 1. The average Bonchev–Trinajstić information content (AvgIpc) is 3.89. The molecule has 1 atom stereocenters. The summed E-state index contributed by atoms with van der Waals surface area (Å²) in [5, 5.41) is 4.33. The minimum absolute atomic E-state index is 0.105. The van der Waals surface area contributed by atoms with Gasteiger partial charge in [-0.25, -0.2) is 14.4 Å². The largest absolute Gasteiger partial charge is 0.353 e. The van der Waals surface area contributed by atoms with E-state index in [0.29, 0.717) is 63.9 Å². The number of pyridine rings is 2. The lowest BCUT2D eigenvalue weighted by molar-refractivity contribution is -0.133. The summed E-state index contributed by atoms with van der Waals surface area (Å²) in [5.74, 6) is 1.36. The van der Waals surface area contributed by atoms with Gasteiger partial charge in [0, 0.05) is 69.3 Å². The predicted octanol–water partition coefficient (Wildman–Crippen LogP) is 2.54. The van der Waals surface area contributed by atoms with Crippen molar-refractivity contribution in [2.24, 2.45) is 17.5 Å². The highest BCUT2D eigenvalue weighted by molar-refractivity contribution is 6.15. The van der Waals surface area contributed by atoms with Crippen molar-refractivity contribution in [2.45, 2.75) is 19.4 Å². The van der Waals surface area contributed by atoms with Crippen LogP contribution in [0, 0.1) is 11.2 Å². The minimum atomic E-state index is -0.476. The van der Waals surface area contributed by atoms with Crippen molar-refractivity contribution in [1.82, 2.24) is 34.5 Å². The summed E-state index contributed by atoms with van der Waals surface area (Å²) in [6, 6.07) is 13.0. The highest BCUT2D eigenvalue weighted by Gasteiger charge is 2.51. The van der Waals surface area contributed by atoms with Gasteiger partial charge in [-0.3, -0.25) is 29.1 Å². The number of aryl methyl sites for hydroxylation is 1. The molecule has 0 unspecified atom stereocenters. The van der Waals surface area contributed by atoms with Gasteiger partial charge in [0.2, 0.25) is 11.8 Å². The van der Waals surface area contributed by atoms with Crippen molar-refractivity contribution in [3.8, 4) is 11.4 Å². The van der Waals surface area contributed by atoms with Crippen molar-refractivity contribution in [3.05, 3.63) is 83.8 Å². The number of anilines is 2. The Bertz CT molecular complexity index is 1870. The van der Waals surface area contributed by atoms with Crippen LogP contribution < -0.4 is 9.80 Å². The van der Waals surface area contributed by atoms with Gasteiger partial charge in [-0.05, 0) is 61.3 Å². The van der Waals surface area contributed by atoms with Gasteiger partial charge in [-0.15, -0.1) is 0 Å². The Labute approximate surface area is 271 Å². The first-order valence-corrected chi connectivity index (χ1v) is 16.0. The summed E-state index contributed by atoms with van der Waals surface area (Å²) in [5.41, 5.74) is 4.57. The second kappa shape index (κ2) is 11.6. The summed E-state index contributed by atoms with van der Waals surface area (Å²) >= 11 is 0. The fourth-order valence-corrected chi connectivity index (χ4v) is 7.27. The van der Waals surface area contributed by atoms with Crippen LogP contribution in [0.2, 0.25) is 0 Å². The zero-order chi connectivity index (χ0) is 32.1. The van der Waals surface area contributed by atoms with Crippen molar-refractivity contribution >= 4 is 29.0 Å². The molecule has 47 heavy (non-hydrogen) atoms. The van der Waals surface area contributed by atoms with Crippen LogP contribution in [-0.4, -0.2) is 104 Å². The maximum Gasteiger partial charge on any atom is 0.236 e. The van der Waals surface area contributed by atoms with E-state index in [0.717, 1.165) is 53.3 Å². The smallest absolute Gasteiger partial charge is 0.236 e. The summed E-state index contributed by atoms with van der Waals surface area (Å²) in [7, 11) is 1.83. The number of nitrogens with zero attached hydrogens (tertiary/aromatic N) is 10. The maximum absolute atomic E-state index is 13.9. The predicted molar refractivity (Wildman–Crippen MR) is 173 cm³/mol. The van der Waals surface area contributed by atoms with Crippen molar-refractivity contribution in [2.75, 3.05) is 62.2 Å². The van der Waals surface area contributed by atoms with E-state index in [2.05, 4.69) is 34.8 Å². The number of carbonyl (C=O) groups excluding carboxylic acids is 2. The molecule has 4 aliphatic rings. The molecule has 2 amide bonds. The molecule has 0 radical (unpaired) electrons. The van der Waals surface area contributed by atoms with E-state index in [4.69, 9.17) is 0 Å². The molecular formula is C34H35FN10O2. The zero-order valence-corrected chi connectivity index (χ0v) is 26.2. The molecule has 8 rings (SSSR count). The second-order valence-electron chi connectivity index (χ2n) is 12.8. The van der Waals surface area contributed by atoms with E-state index < -0.39 is 5.41 Å². The van der Waals surface area contributed by atoms with E-state index in [9.17, 15) is 14.0 Å². The van der Waals surface area contributed by atoms with Crippen LogP contribution in [0.15, 0.2) is 66.2 Å². The third kappa shape index (κ3) is 5.43. The van der Waals surface area contributed by atoms with E-state index in [1.165, 1.54) is 12.3 Å². The molecule has 13 heteroatoms. The van der Waals surface area contributed by atoms with Crippen LogP contribution in [-0.2, 0) is 23.2 Å². The first kappa shape index (κ1) is 29.4. The lowest BCUT2D eigenvalue weighted by atomic mass is 9.85. The Balaban J connectivity index is 0.863. The van der Waals surface area contributed by atoms with Gasteiger partial charge < -0.3 is 14.7 Å². The number of aromatic nitrogens is 5. The number of halogens is 1.